The number of benzene rings is 1. The maximum atomic E-state index is 11.0. The van der Waals surface area contributed by atoms with E-state index in [1.54, 1.807) is 0 Å². The molecule has 1 fully saturated rings. The highest BCUT2D eigenvalue weighted by Crippen LogP contribution is 2.61. The van der Waals surface area contributed by atoms with Gasteiger partial charge in [0.05, 0.1) is 5.92 Å². The molecule has 2 nitrogen and oxygen atoms in total. The minimum absolute atomic E-state index is 0.0773. The molecule has 78 valence electrons. The second-order valence-electron chi connectivity index (χ2n) is 4.55. The van der Waals surface area contributed by atoms with Gasteiger partial charge in [-0.15, -0.1) is 0 Å². The van der Waals surface area contributed by atoms with E-state index in [9.17, 15) is 4.79 Å². The molecule has 1 aromatic rings. The third kappa shape index (κ3) is 1.14. The van der Waals surface area contributed by atoms with Crippen molar-refractivity contribution in [3.05, 3.63) is 34.3 Å². The van der Waals surface area contributed by atoms with Crippen LogP contribution >= 0.6 is 11.6 Å². The van der Waals surface area contributed by atoms with Crippen molar-refractivity contribution in [2.45, 2.75) is 24.7 Å². The molecule has 0 saturated heterocycles. The zero-order valence-electron chi connectivity index (χ0n) is 8.16. The van der Waals surface area contributed by atoms with Gasteiger partial charge in [-0.2, -0.15) is 0 Å². The van der Waals surface area contributed by atoms with Crippen molar-refractivity contribution in [1.82, 2.24) is 0 Å². The first kappa shape index (κ1) is 9.22. The first-order valence-corrected chi connectivity index (χ1v) is 5.53. The molecule has 0 bridgehead atoms. The molecule has 15 heavy (non-hydrogen) atoms. The van der Waals surface area contributed by atoms with E-state index in [2.05, 4.69) is 0 Å². The lowest BCUT2D eigenvalue weighted by atomic mass is 9.95. The van der Waals surface area contributed by atoms with Crippen molar-refractivity contribution < 1.29 is 9.90 Å². The summed E-state index contributed by atoms with van der Waals surface area (Å²) in [6.07, 6.45) is 2.76. The Morgan fingerprint density at radius 2 is 2.33 bits per heavy atom. The van der Waals surface area contributed by atoms with Crippen molar-refractivity contribution in [1.29, 1.82) is 0 Å². The molecule has 3 heteroatoms. The number of fused-ring (bicyclic) bond motifs is 2. The number of halogens is 1. The molecule has 0 radical (unpaired) electrons. The van der Waals surface area contributed by atoms with Crippen molar-refractivity contribution in [2.24, 2.45) is 5.92 Å². The Kier molecular flexibility index (Phi) is 1.70. The van der Waals surface area contributed by atoms with Gasteiger partial charge in [-0.05, 0) is 42.5 Å². The number of aryl methyl sites for hydroxylation is 1. The zero-order chi connectivity index (χ0) is 10.6. The van der Waals surface area contributed by atoms with Gasteiger partial charge in [0.1, 0.15) is 0 Å². The summed E-state index contributed by atoms with van der Waals surface area (Å²) >= 11 is 5.96. The Labute approximate surface area is 92.9 Å². The van der Waals surface area contributed by atoms with E-state index in [1.165, 1.54) is 11.1 Å². The predicted molar refractivity (Wildman–Crippen MR) is 57.2 cm³/mol. The first-order chi connectivity index (χ1) is 7.13. The Bertz CT molecular complexity index is 455. The van der Waals surface area contributed by atoms with Gasteiger partial charge in [-0.3, -0.25) is 4.79 Å². The van der Waals surface area contributed by atoms with Crippen molar-refractivity contribution in [3.63, 3.8) is 0 Å². The molecule has 0 heterocycles. The molecule has 1 saturated carbocycles. The summed E-state index contributed by atoms with van der Waals surface area (Å²) in [6, 6.07) is 5.87. The minimum Gasteiger partial charge on any atom is -0.481 e. The highest BCUT2D eigenvalue weighted by atomic mass is 35.5. The normalized spacial score (nSPS) is 31.7. The summed E-state index contributed by atoms with van der Waals surface area (Å²) in [5, 5.41) is 9.75. The van der Waals surface area contributed by atoms with Crippen LogP contribution < -0.4 is 0 Å². The van der Waals surface area contributed by atoms with Crippen molar-refractivity contribution >= 4 is 17.6 Å². The van der Waals surface area contributed by atoms with E-state index in [-0.39, 0.29) is 11.3 Å². The molecular formula is C12H11ClO2. The molecule has 1 spiro atoms. The Balaban J connectivity index is 2.06. The van der Waals surface area contributed by atoms with Crippen LogP contribution in [-0.4, -0.2) is 11.1 Å². The van der Waals surface area contributed by atoms with E-state index >= 15 is 0 Å². The fourth-order valence-corrected chi connectivity index (χ4v) is 3.10. The molecule has 0 aliphatic heterocycles. The van der Waals surface area contributed by atoms with Gasteiger partial charge in [0, 0.05) is 10.4 Å². The summed E-state index contributed by atoms with van der Waals surface area (Å²) in [7, 11) is 0. The third-order valence-electron chi connectivity index (χ3n) is 3.82. The summed E-state index contributed by atoms with van der Waals surface area (Å²) in [4.78, 5) is 11.0. The zero-order valence-corrected chi connectivity index (χ0v) is 8.92. The largest absolute Gasteiger partial charge is 0.481 e. The maximum Gasteiger partial charge on any atom is 0.307 e. The lowest BCUT2D eigenvalue weighted by Crippen LogP contribution is -2.11. The second kappa shape index (κ2) is 2.76. The van der Waals surface area contributed by atoms with Crippen LogP contribution in [0.15, 0.2) is 18.2 Å². The number of rotatable bonds is 1. The van der Waals surface area contributed by atoms with Gasteiger partial charge in [-0.25, -0.2) is 0 Å². The van der Waals surface area contributed by atoms with Gasteiger partial charge < -0.3 is 5.11 Å². The highest BCUT2D eigenvalue weighted by Gasteiger charge is 2.61. The van der Waals surface area contributed by atoms with Crippen LogP contribution in [0.3, 0.4) is 0 Å². The predicted octanol–water partition coefficient (Wildman–Crippen LogP) is 2.63. The van der Waals surface area contributed by atoms with Gasteiger partial charge in [0.15, 0.2) is 0 Å². The topological polar surface area (TPSA) is 37.3 Å². The van der Waals surface area contributed by atoms with Gasteiger partial charge in [0.2, 0.25) is 0 Å². The summed E-state index contributed by atoms with van der Waals surface area (Å²) < 4.78 is 0. The van der Waals surface area contributed by atoms with Crippen molar-refractivity contribution in [2.75, 3.05) is 0 Å². The SMILES string of the molecule is O=C(O)[C@H]1C[C@]12CCc1ccc(Cl)cc12. The van der Waals surface area contributed by atoms with E-state index in [4.69, 9.17) is 16.7 Å². The first-order valence-electron chi connectivity index (χ1n) is 5.15. The summed E-state index contributed by atoms with van der Waals surface area (Å²) in [5.41, 5.74) is 2.39. The second-order valence-corrected chi connectivity index (χ2v) is 4.99. The van der Waals surface area contributed by atoms with Crippen LogP contribution in [0.2, 0.25) is 5.02 Å². The lowest BCUT2D eigenvalue weighted by molar-refractivity contribution is -0.139. The quantitative estimate of drug-likeness (QED) is 0.793. The van der Waals surface area contributed by atoms with Gasteiger partial charge in [-0.1, -0.05) is 17.7 Å². The standard InChI is InChI=1S/C12H11ClO2/c13-8-2-1-7-3-4-12(9(7)5-8)6-10(12)11(14)15/h1-2,5,10H,3-4,6H2,(H,14,15)/t10-,12+/m1/s1. The van der Waals surface area contributed by atoms with Crippen molar-refractivity contribution in [3.8, 4) is 0 Å². The molecule has 0 aromatic heterocycles. The molecule has 1 aromatic carbocycles. The maximum absolute atomic E-state index is 11.0. The molecule has 1 N–H and O–H groups in total. The Morgan fingerprint density at radius 3 is 3.00 bits per heavy atom. The molecule has 3 rings (SSSR count). The molecule has 2 aliphatic carbocycles. The van der Waals surface area contributed by atoms with Crippen LogP contribution in [-0.2, 0) is 16.6 Å². The molecule has 0 unspecified atom stereocenters. The minimum atomic E-state index is -0.664. The lowest BCUT2D eigenvalue weighted by Gasteiger charge is -2.09. The third-order valence-corrected chi connectivity index (χ3v) is 4.06. The van der Waals surface area contributed by atoms with Gasteiger partial charge in [0.25, 0.3) is 0 Å². The van der Waals surface area contributed by atoms with Crippen LogP contribution in [0.5, 0.6) is 0 Å². The summed E-state index contributed by atoms with van der Waals surface area (Å²) in [6.45, 7) is 0. The number of hydrogen-bond acceptors (Lipinski definition) is 1. The number of aliphatic carboxylic acids is 1. The number of carboxylic acid groups (broad SMARTS) is 1. The summed E-state index contributed by atoms with van der Waals surface area (Å²) in [5.74, 6) is -0.847. The average Bonchev–Trinajstić information content (AvgIpc) is 2.81. The molecule has 2 aliphatic rings. The monoisotopic (exact) mass is 222 g/mol. The Hall–Kier alpha value is -1.02. The molecule has 2 atom stereocenters. The highest BCUT2D eigenvalue weighted by molar-refractivity contribution is 6.30. The van der Waals surface area contributed by atoms with E-state index in [0.717, 1.165) is 19.3 Å². The molecular weight excluding hydrogens is 212 g/mol. The van der Waals surface area contributed by atoms with E-state index in [0.29, 0.717) is 5.02 Å². The number of hydrogen-bond donors (Lipinski definition) is 1. The Morgan fingerprint density at radius 1 is 1.53 bits per heavy atom. The number of carbonyl (C=O) groups is 1. The van der Waals surface area contributed by atoms with Crippen LogP contribution in [0.25, 0.3) is 0 Å². The smallest absolute Gasteiger partial charge is 0.307 e. The average molecular weight is 223 g/mol. The van der Waals surface area contributed by atoms with Crippen LogP contribution in [0.1, 0.15) is 24.0 Å². The van der Waals surface area contributed by atoms with Crippen LogP contribution in [0, 0.1) is 5.92 Å². The van der Waals surface area contributed by atoms with E-state index in [1.807, 2.05) is 18.2 Å². The number of carboxylic acids is 1. The molecule has 0 amide bonds. The van der Waals surface area contributed by atoms with Gasteiger partial charge >= 0.3 is 5.97 Å². The van der Waals surface area contributed by atoms with E-state index < -0.39 is 5.97 Å². The fraction of sp³-hybridized carbons (Fsp3) is 0.417. The fourth-order valence-electron chi connectivity index (χ4n) is 2.93. The van der Waals surface area contributed by atoms with Crippen LogP contribution in [0.4, 0.5) is 0 Å².